The highest BCUT2D eigenvalue weighted by molar-refractivity contribution is 6.31. The average Bonchev–Trinajstić information content (AvgIpc) is 3.20. The number of ether oxygens (including phenoxy) is 1. The van der Waals surface area contributed by atoms with Gasteiger partial charge in [-0.25, -0.2) is 0 Å². The quantitative estimate of drug-likeness (QED) is 0.564. The van der Waals surface area contributed by atoms with E-state index in [1.165, 1.54) is 6.42 Å². The summed E-state index contributed by atoms with van der Waals surface area (Å²) < 4.78 is 6.57. The number of carbonyl (C=O) groups is 2. The summed E-state index contributed by atoms with van der Waals surface area (Å²) in [5.41, 5.74) is 3.42. The number of likely N-dealkylation sites (tertiary alicyclic amines) is 1. The van der Waals surface area contributed by atoms with E-state index in [4.69, 9.17) is 21.6 Å². The number of fused-ring (bicyclic) bond motifs is 1. The van der Waals surface area contributed by atoms with E-state index in [9.17, 15) is 14.7 Å². The van der Waals surface area contributed by atoms with Gasteiger partial charge in [0.1, 0.15) is 18.1 Å². The van der Waals surface area contributed by atoms with Crippen molar-refractivity contribution in [2.45, 2.75) is 75.4 Å². The van der Waals surface area contributed by atoms with Gasteiger partial charge >= 0.3 is 0 Å². The number of amides is 2. The summed E-state index contributed by atoms with van der Waals surface area (Å²) in [6, 6.07) is 13.3. The SMILES string of the molecule is N#Cc1ccc(C2CN([C@H]3CCCC[C@@H]3Oc3ccc4c(c3)CN([C@H]3CCC(=O)NC3=O)C4O)C2)c(Cl)c1. The van der Waals surface area contributed by atoms with Crippen molar-refractivity contribution in [3.8, 4) is 11.8 Å². The Morgan fingerprint density at radius 3 is 2.61 bits per heavy atom. The Kier molecular flexibility index (Phi) is 6.87. The number of rotatable bonds is 5. The highest BCUT2D eigenvalue weighted by Crippen LogP contribution is 2.40. The molecule has 0 bridgehead atoms. The summed E-state index contributed by atoms with van der Waals surface area (Å²) >= 11 is 6.46. The van der Waals surface area contributed by atoms with Gasteiger partial charge in [0.05, 0.1) is 17.7 Å². The summed E-state index contributed by atoms with van der Waals surface area (Å²) in [4.78, 5) is 28.2. The van der Waals surface area contributed by atoms with E-state index < -0.39 is 12.3 Å². The summed E-state index contributed by atoms with van der Waals surface area (Å²) in [5, 5.41) is 23.1. The smallest absolute Gasteiger partial charge is 0.244 e. The Morgan fingerprint density at radius 2 is 1.84 bits per heavy atom. The molecule has 4 aliphatic rings. The monoisotopic (exact) mass is 534 g/mol. The lowest BCUT2D eigenvalue weighted by Crippen LogP contribution is -2.57. The second-order valence-electron chi connectivity index (χ2n) is 10.9. The normalized spacial score (nSPS) is 28.3. The lowest BCUT2D eigenvalue weighted by atomic mass is 9.84. The van der Waals surface area contributed by atoms with Crippen LogP contribution in [0.5, 0.6) is 5.75 Å². The molecule has 6 rings (SSSR count). The van der Waals surface area contributed by atoms with Gasteiger partial charge in [-0.15, -0.1) is 0 Å². The summed E-state index contributed by atoms with van der Waals surface area (Å²) in [7, 11) is 0. The third-order valence-electron chi connectivity index (χ3n) is 8.57. The second-order valence-corrected chi connectivity index (χ2v) is 11.3. The average molecular weight is 535 g/mol. The van der Waals surface area contributed by atoms with Crippen LogP contribution >= 0.6 is 11.6 Å². The van der Waals surface area contributed by atoms with Crippen LogP contribution in [0.4, 0.5) is 0 Å². The van der Waals surface area contributed by atoms with Crippen LogP contribution < -0.4 is 10.1 Å². The van der Waals surface area contributed by atoms with Crippen molar-refractivity contribution in [2.75, 3.05) is 13.1 Å². The van der Waals surface area contributed by atoms with Crippen LogP contribution in [0.25, 0.3) is 0 Å². The number of halogens is 1. The number of aliphatic hydroxyl groups is 1. The molecule has 4 atom stereocenters. The Hall–Kier alpha value is -2.96. The molecule has 1 unspecified atom stereocenters. The van der Waals surface area contributed by atoms with Crippen molar-refractivity contribution < 1.29 is 19.4 Å². The maximum absolute atomic E-state index is 12.4. The molecule has 3 fully saturated rings. The van der Waals surface area contributed by atoms with Crippen LogP contribution in [0.1, 0.15) is 72.9 Å². The van der Waals surface area contributed by atoms with Gasteiger partial charge in [-0.3, -0.25) is 24.7 Å². The largest absolute Gasteiger partial charge is 0.489 e. The number of piperidine rings is 1. The topological polar surface area (TPSA) is 106 Å². The highest BCUT2D eigenvalue weighted by Gasteiger charge is 2.41. The van der Waals surface area contributed by atoms with Crippen LogP contribution in [0.3, 0.4) is 0 Å². The van der Waals surface area contributed by atoms with Gasteiger partial charge in [0.15, 0.2) is 0 Å². The maximum Gasteiger partial charge on any atom is 0.244 e. The lowest BCUT2D eigenvalue weighted by Gasteiger charge is -2.48. The molecule has 9 heteroatoms. The molecule has 1 aliphatic carbocycles. The second kappa shape index (κ2) is 10.3. The molecule has 0 aromatic heterocycles. The molecule has 38 heavy (non-hydrogen) atoms. The third kappa shape index (κ3) is 4.69. The Labute approximate surface area is 227 Å². The summed E-state index contributed by atoms with van der Waals surface area (Å²) in [5.74, 6) is 0.538. The molecule has 3 heterocycles. The first-order valence-corrected chi connectivity index (χ1v) is 13.8. The molecular formula is C29H31ClN4O4. The number of nitrogens with one attached hydrogen (secondary N) is 1. The van der Waals surface area contributed by atoms with E-state index in [0.717, 1.165) is 54.8 Å². The van der Waals surface area contributed by atoms with E-state index in [1.54, 1.807) is 11.0 Å². The fraction of sp³-hybridized carbons (Fsp3) is 0.483. The molecule has 8 nitrogen and oxygen atoms in total. The first-order valence-electron chi connectivity index (χ1n) is 13.4. The zero-order valence-electron chi connectivity index (χ0n) is 21.1. The Morgan fingerprint density at radius 1 is 1.05 bits per heavy atom. The number of nitriles is 1. The first kappa shape index (κ1) is 25.3. The van der Waals surface area contributed by atoms with Gasteiger partial charge in [-0.2, -0.15) is 5.26 Å². The Bertz CT molecular complexity index is 1300. The number of imide groups is 1. The number of nitrogens with zero attached hydrogens (tertiary/aromatic N) is 3. The zero-order valence-corrected chi connectivity index (χ0v) is 21.9. The molecule has 2 amide bonds. The van der Waals surface area contributed by atoms with E-state index in [0.29, 0.717) is 35.5 Å². The van der Waals surface area contributed by atoms with Crippen molar-refractivity contribution in [3.63, 3.8) is 0 Å². The van der Waals surface area contributed by atoms with Crippen molar-refractivity contribution in [3.05, 3.63) is 63.7 Å². The first-order chi connectivity index (χ1) is 18.4. The van der Waals surface area contributed by atoms with Crippen molar-refractivity contribution in [1.82, 2.24) is 15.1 Å². The molecular weight excluding hydrogens is 504 g/mol. The van der Waals surface area contributed by atoms with Crippen LogP contribution in [0, 0.1) is 11.3 Å². The molecule has 2 N–H and O–H groups in total. The summed E-state index contributed by atoms with van der Waals surface area (Å²) in [6.07, 6.45) is 4.29. The maximum atomic E-state index is 12.4. The van der Waals surface area contributed by atoms with Crippen LogP contribution in [0.2, 0.25) is 5.02 Å². The number of benzene rings is 2. The molecule has 2 aromatic rings. The zero-order chi connectivity index (χ0) is 26.4. The molecule has 0 spiro atoms. The third-order valence-corrected chi connectivity index (χ3v) is 8.90. The minimum atomic E-state index is -0.877. The standard InChI is InChI=1S/C29H31ClN4O4/c30-23-11-17(13-31)5-7-21(23)19-14-33(15-19)24-3-1-2-4-26(24)38-20-6-8-22-18(12-20)16-34(29(22)37)25-9-10-27(35)32-28(25)36/h5-8,11-12,19,24-26,29,37H,1-4,9-10,14-16H2,(H,32,35,36)/t24-,25-,26-,29?/m0/s1. The molecule has 198 valence electrons. The van der Waals surface area contributed by atoms with Gasteiger partial charge in [-0.05, 0) is 61.1 Å². The highest BCUT2D eigenvalue weighted by atomic mass is 35.5. The molecule has 0 radical (unpaired) electrons. The minimum Gasteiger partial charge on any atom is -0.489 e. The van der Waals surface area contributed by atoms with Gasteiger partial charge < -0.3 is 9.84 Å². The number of carbonyl (C=O) groups excluding carboxylic acids is 2. The van der Waals surface area contributed by atoms with Crippen LogP contribution in [-0.2, 0) is 16.1 Å². The molecule has 3 aliphatic heterocycles. The fourth-order valence-corrected chi connectivity index (χ4v) is 6.84. The van der Waals surface area contributed by atoms with Gasteiger partial charge in [-0.1, -0.05) is 30.2 Å². The van der Waals surface area contributed by atoms with E-state index in [-0.39, 0.29) is 24.3 Å². The van der Waals surface area contributed by atoms with Crippen molar-refractivity contribution in [2.24, 2.45) is 0 Å². The van der Waals surface area contributed by atoms with Crippen molar-refractivity contribution in [1.29, 1.82) is 5.26 Å². The van der Waals surface area contributed by atoms with E-state index in [2.05, 4.69) is 16.3 Å². The predicted octanol–water partition coefficient (Wildman–Crippen LogP) is 3.61. The predicted molar refractivity (Wildman–Crippen MR) is 140 cm³/mol. The van der Waals surface area contributed by atoms with Gasteiger partial charge in [0.25, 0.3) is 0 Å². The van der Waals surface area contributed by atoms with Crippen LogP contribution in [0.15, 0.2) is 36.4 Å². The molecule has 2 aromatic carbocycles. The lowest BCUT2D eigenvalue weighted by molar-refractivity contribution is -0.141. The van der Waals surface area contributed by atoms with Gasteiger partial charge in [0, 0.05) is 48.6 Å². The molecule has 2 saturated heterocycles. The Balaban J connectivity index is 1.11. The summed E-state index contributed by atoms with van der Waals surface area (Å²) in [6.45, 7) is 2.29. The van der Waals surface area contributed by atoms with E-state index >= 15 is 0 Å². The minimum absolute atomic E-state index is 0.0803. The number of aliphatic hydroxyl groups excluding tert-OH is 1. The van der Waals surface area contributed by atoms with Gasteiger partial charge in [0.2, 0.25) is 11.8 Å². The van der Waals surface area contributed by atoms with Crippen LogP contribution in [-0.4, -0.2) is 58.0 Å². The molecule has 1 saturated carbocycles. The fourth-order valence-electron chi connectivity index (χ4n) is 6.50. The van der Waals surface area contributed by atoms with Crippen molar-refractivity contribution >= 4 is 23.4 Å². The number of hydrogen-bond acceptors (Lipinski definition) is 7. The number of hydrogen-bond donors (Lipinski definition) is 2. The van der Waals surface area contributed by atoms with E-state index in [1.807, 2.05) is 30.3 Å².